The lowest BCUT2D eigenvalue weighted by molar-refractivity contribution is -0.132. The summed E-state index contributed by atoms with van der Waals surface area (Å²) in [6.45, 7) is 2.19. The summed E-state index contributed by atoms with van der Waals surface area (Å²) < 4.78 is 33.3. The molecule has 0 unspecified atom stereocenters. The Labute approximate surface area is 194 Å². The average Bonchev–Trinajstić information content (AvgIpc) is 2.89. The third-order valence-electron chi connectivity index (χ3n) is 6.05. The number of benzene rings is 2. The molecule has 2 amide bonds. The highest BCUT2D eigenvalue weighted by atomic mass is 32.2. The Morgan fingerprint density at radius 2 is 1.67 bits per heavy atom. The molecule has 0 radical (unpaired) electrons. The fraction of sp³-hybridized carbons (Fsp3) is 0.391. The molecule has 1 fully saturated rings. The number of piperazine rings is 1. The fourth-order valence-electron chi connectivity index (χ4n) is 4.03. The summed E-state index contributed by atoms with van der Waals surface area (Å²) in [5.41, 5.74) is 0.967. The first-order valence-corrected chi connectivity index (χ1v) is 12.2. The van der Waals surface area contributed by atoms with Gasteiger partial charge in [0.15, 0.2) is 0 Å². The molecule has 0 bridgehead atoms. The number of amides is 2. The highest BCUT2D eigenvalue weighted by Gasteiger charge is 2.37. The minimum Gasteiger partial charge on any atom is -0.497 e. The number of hydrogen-bond acceptors (Lipinski definition) is 6. The van der Waals surface area contributed by atoms with Crippen LogP contribution >= 0.6 is 0 Å². The standard InChI is InChI=1S/C23H28N4O5S/c1-24-11-13-25(14-12-24)22(28)17-27-20-5-3-4-6-21(20)33(30,31)26(16-23(27)29)15-18-7-9-19(32-2)10-8-18/h3-10H,11-17H2,1-2H3. The van der Waals surface area contributed by atoms with Crippen molar-refractivity contribution in [2.75, 3.05) is 58.3 Å². The highest BCUT2D eigenvalue weighted by Crippen LogP contribution is 2.32. The SMILES string of the molecule is COc1ccc(CN2CC(=O)N(CC(=O)N3CCN(C)CC3)c3ccccc3S2(=O)=O)cc1. The van der Waals surface area contributed by atoms with Crippen molar-refractivity contribution in [3.8, 4) is 5.75 Å². The molecule has 2 aliphatic heterocycles. The van der Waals surface area contributed by atoms with E-state index in [1.54, 1.807) is 54.5 Å². The zero-order valence-electron chi connectivity index (χ0n) is 18.8. The van der Waals surface area contributed by atoms with E-state index in [4.69, 9.17) is 4.74 Å². The monoisotopic (exact) mass is 472 g/mol. The summed E-state index contributed by atoms with van der Waals surface area (Å²) in [4.78, 5) is 31.4. The number of hydrogen-bond donors (Lipinski definition) is 0. The van der Waals surface area contributed by atoms with E-state index in [0.717, 1.165) is 23.0 Å². The predicted octanol–water partition coefficient (Wildman–Crippen LogP) is 1.01. The molecule has 0 atom stereocenters. The van der Waals surface area contributed by atoms with E-state index in [0.29, 0.717) is 18.8 Å². The number of carbonyl (C=O) groups is 2. The molecule has 2 heterocycles. The Balaban J connectivity index is 1.62. The molecule has 0 aliphatic carbocycles. The van der Waals surface area contributed by atoms with Crippen molar-refractivity contribution in [1.82, 2.24) is 14.1 Å². The molecule has 1 saturated heterocycles. The van der Waals surface area contributed by atoms with Crippen LogP contribution < -0.4 is 9.64 Å². The Morgan fingerprint density at radius 1 is 1.00 bits per heavy atom. The molecule has 0 saturated carbocycles. The van der Waals surface area contributed by atoms with Crippen LogP contribution in [-0.2, 0) is 26.2 Å². The molecule has 0 N–H and O–H groups in total. The van der Waals surface area contributed by atoms with E-state index in [1.807, 2.05) is 7.05 Å². The zero-order valence-corrected chi connectivity index (χ0v) is 19.6. The summed E-state index contributed by atoms with van der Waals surface area (Å²) >= 11 is 0. The van der Waals surface area contributed by atoms with Crippen molar-refractivity contribution < 1.29 is 22.7 Å². The van der Waals surface area contributed by atoms with Crippen molar-refractivity contribution in [1.29, 1.82) is 0 Å². The smallest absolute Gasteiger partial charge is 0.245 e. The number of likely N-dealkylation sites (N-methyl/N-ethyl adjacent to an activating group) is 1. The van der Waals surface area contributed by atoms with Gasteiger partial charge in [-0.05, 0) is 36.9 Å². The van der Waals surface area contributed by atoms with Crippen molar-refractivity contribution in [2.24, 2.45) is 0 Å². The van der Waals surface area contributed by atoms with Gasteiger partial charge in [-0.1, -0.05) is 24.3 Å². The summed E-state index contributed by atoms with van der Waals surface area (Å²) in [6.07, 6.45) is 0. The zero-order chi connectivity index (χ0) is 23.6. The number of rotatable bonds is 5. The van der Waals surface area contributed by atoms with E-state index in [9.17, 15) is 18.0 Å². The van der Waals surface area contributed by atoms with Gasteiger partial charge in [-0.3, -0.25) is 9.59 Å². The van der Waals surface area contributed by atoms with Crippen LogP contribution in [0.25, 0.3) is 0 Å². The van der Waals surface area contributed by atoms with Crippen LogP contribution in [0.3, 0.4) is 0 Å². The minimum absolute atomic E-state index is 0.0236. The van der Waals surface area contributed by atoms with Gasteiger partial charge in [-0.15, -0.1) is 0 Å². The number of nitrogens with zero attached hydrogens (tertiary/aromatic N) is 4. The van der Waals surface area contributed by atoms with Crippen molar-refractivity contribution in [2.45, 2.75) is 11.4 Å². The van der Waals surface area contributed by atoms with Gasteiger partial charge >= 0.3 is 0 Å². The lowest BCUT2D eigenvalue weighted by atomic mass is 10.2. The average molecular weight is 473 g/mol. The highest BCUT2D eigenvalue weighted by molar-refractivity contribution is 7.89. The Morgan fingerprint density at radius 3 is 2.33 bits per heavy atom. The van der Waals surface area contributed by atoms with Gasteiger partial charge < -0.3 is 19.4 Å². The van der Waals surface area contributed by atoms with Crippen molar-refractivity contribution in [3.05, 3.63) is 54.1 Å². The molecule has 4 rings (SSSR count). The normalized spacial score (nSPS) is 19.2. The van der Waals surface area contributed by atoms with Gasteiger partial charge in [0.05, 0.1) is 19.3 Å². The van der Waals surface area contributed by atoms with E-state index >= 15 is 0 Å². The second-order valence-corrected chi connectivity index (χ2v) is 10.2. The number of sulfonamides is 1. The lowest BCUT2D eigenvalue weighted by Gasteiger charge is -2.34. The topological polar surface area (TPSA) is 90.5 Å². The van der Waals surface area contributed by atoms with Crippen LogP contribution in [0.5, 0.6) is 5.75 Å². The second kappa shape index (κ2) is 9.50. The van der Waals surface area contributed by atoms with Crippen LogP contribution in [0, 0.1) is 0 Å². The number of ether oxygens (including phenoxy) is 1. The van der Waals surface area contributed by atoms with Gasteiger partial charge in [0.2, 0.25) is 21.8 Å². The number of methoxy groups -OCH3 is 1. The number of fused-ring (bicyclic) bond motifs is 1. The minimum atomic E-state index is -3.96. The predicted molar refractivity (Wildman–Crippen MR) is 123 cm³/mol. The molecule has 0 aromatic heterocycles. The van der Waals surface area contributed by atoms with Gasteiger partial charge in [0.25, 0.3) is 0 Å². The molecular weight excluding hydrogens is 444 g/mol. The molecule has 33 heavy (non-hydrogen) atoms. The summed E-state index contributed by atoms with van der Waals surface area (Å²) in [5.74, 6) is 0.0410. The third kappa shape index (κ3) is 4.87. The molecule has 2 aromatic carbocycles. The van der Waals surface area contributed by atoms with Gasteiger partial charge in [-0.25, -0.2) is 8.42 Å². The van der Waals surface area contributed by atoms with Crippen LogP contribution in [0.2, 0.25) is 0 Å². The number of anilines is 1. The first kappa shape index (κ1) is 23.2. The second-order valence-electron chi connectivity index (χ2n) is 8.25. The van der Waals surface area contributed by atoms with Crippen molar-refractivity contribution in [3.63, 3.8) is 0 Å². The number of carbonyl (C=O) groups excluding carboxylic acids is 2. The Kier molecular flexibility index (Phi) is 6.68. The largest absolute Gasteiger partial charge is 0.497 e. The summed E-state index contributed by atoms with van der Waals surface area (Å²) in [6, 6.07) is 13.4. The fourth-order valence-corrected chi connectivity index (χ4v) is 5.60. The van der Waals surface area contributed by atoms with E-state index in [2.05, 4.69) is 4.90 Å². The quantitative estimate of drug-likeness (QED) is 0.645. The first-order valence-electron chi connectivity index (χ1n) is 10.8. The number of para-hydroxylation sites is 1. The van der Waals surface area contributed by atoms with Crippen LogP contribution in [0.15, 0.2) is 53.4 Å². The van der Waals surface area contributed by atoms with Gasteiger partial charge in [0.1, 0.15) is 17.2 Å². The first-order chi connectivity index (χ1) is 15.8. The van der Waals surface area contributed by atoms with Gasteiger partial charge in [0, 0.05) is 32.7 Å². The van der Waals surface area contributed by atoms with Crippen LogP contribution in [-0.4, -0.2) is 87.8 Å². The lowest BCUT2D eigenvalue weighted by Crippen LogP contribution is -2.51. The molecule has 2 aliphatic rings. The van der Waals surface area contributed by atoms with E-state index in [-0.39, 0.29) is 36.1 Å². The molecule has 9 nitrogen and oxygen atoms in total. The maximum atomic E-state index is 13.5. The van der Waals surface area contributed by atoms with Crippen molar-refractivity contribution >= 4 is 27.5 Å². The molecule has 2 aromatic rings. The van der Waals surface area contributed by atoms with E-state index < -0.39 is 15.9 Å². The maximum Gasteiger partial charge on any atom is 0.245 e. The molecular formula is C23H28N4O5S. The molecule has 0 spiro atoms. The maximum absolute atomic E-state index is 13.5. The van der Waals surface area contributed by atoms with Crippen LogP contribution in [0.4, 0.5) is 5.69 Å². The third-order valence-corrected chi connectivity index (χ3v) is 7.89. The van der Waals surface area contributed by atoms with E-state index in [1.165, 1.54) is 11.0 Å². The molecule has 10 heteroatoms. The molecule has 176 valence electrons. The summed E-state index contributed by atoms with van der Waals surface area (Å²) in [5, 5.41) is 0. The van der Waals surface area contributed by atoms with Gasteiger partial charge in [-0.2, -0.15) is 4.31 Å². The van der Waals surface area contributed by atoms with Crippen LogP contribution in [0.1, 0.15) is 5.56 Å². The Hall–Kier alpha value is -2.95. The summed E-state index contributed by atoms with van der Waals surface area (Å²) in [7, 11) is -0.403. The Bertz CT molecular complexity index is 1130.